The smallest absolute Gasteiger partial charge is 0.305 e. The molecule has 148 valence electrons. The molecule has 2 heterocycles. The molecule has 4 rings (SSSR count). The van der Waals surface area contributed by atoms with Gasteiger partial charge in [0, 0.05) is 23.3 Å². The highest BCUT2D eigenvalue weighted by Gasteiger charge is 2.10. The number of ether oxygens (including phenoxy) is 2. The first-order valence-corrected chi connectivity index (χ1v) is 9.54. The van der Waals surface area contributed by atoms with Crippen LogP contribution in [0.5, 0.6) is 11.5 Å². The lowest BCUT2D eigenvalue weighted by molar-refractivity contribution is -0.143. The van der Waals surface area contributed by atoms with Crippen LogP contribution in [0.25, 0.3) is 33.3 Å². The molecule has 0 fully saturated rings. The Balaban J connectivity index is 1.49. The summed E-state index contributed by atoms with van der Waals surface area (Å²) >= 11 is 0. The number of carbonyl (C=O) groups excluding carboxylic acids is 1. The summed E-state index contributed by atoms with van der Waals surface area (Å²) in [6.07, 6.45) is 0.941. The third-order valence-corrected chi connectivity index (χ3v) is 4.52. The number of carbonyl (C=O) groups is 1. The van der Waals surface area contributed by atoms with Gasteiger partial charge in [0.2, 0.25) is 0 Å². The van der Waals surface area contributed by atoms with Crippen molar-refractivity contribution in [2.24, 2.45) is 0 Å². The first kappa shape index (κ1) is 18.8. The van der Waals surface area contributed by atoms with Gasteiger partial charge in [-0.2, -0.15) is 0 Å². The van der Waals surface area contributed by atoms with Gasteiger partial charge in [-0.3, -0.25) is 4.79 Å². The number of fused-ring (bicyclic) bond motifs is 2. The first-order chi connectivity index (χ1) is 14.1. The minimum Gasteiger partial charge on any atom is -0.508 e. The van der Waals surface area contributed by atoms with Crippen LogP contribution in [0, 0.1) is 0 Å². The number of nitrogens with zero attached hydrogens (tertiary/aromatic N) is 1. The van der Waals surface area contributed by atoms with Crippen molar-refractivity contribution in [2.45, 2.75) is 19.8 Å². The Morgan fingerprint density at radius 3 is 2.79 bits per heavy atom. The number of esters is 1. The van der Waals surface area contributed by atoms with Crippen LogP contribution in [0.1, 0.15) is 19.8 Å². The molecular formula is C23H21NO5. The van der Waals surface area contributed by atoms with Crippen LogP contribution in [-0.4, -0.2) is 29.3 Å². The van der Waals surface area contributed by atoms with E-state index in [9.17, 15) is 9.90 Å². The number of pyridine rings is 1. The van der Waals surface area contributed by atoms with Crippen LogP contribution in [-0.2, 0) is 9.53 Å². The molecule has 1 N–H and O–H groups in total. The number of phenolic OH excluding ortho intramolecular Hbond substituents is 1. The normalized spacial score (nSPS) is 11.1. The number of furan rings is 1. The maximum atomic E-state index is 11.4. The van der Waals surface area contributed by atoms with Gasteiger partial charge >= 0.3 is 5.97 Å². The molecule has 0 aliphatic rings. The summed E-state index contributed by atoms with van der Waals surface area (Å²) in [6.45, 7) is 2.62. The van der Waals surface area contributed by atoms with Gasteiger partial charge in [-0.25, -0.2) is 4.98 Å². The number of hydrogen-bond donors (Lipinski definition) is 1. The monoisotopic (exact) mass is 391 g/mol. The van der Waals surface area contributed by atoms with Crippen LogP contribution in [0.4, 0.5) is 0 Å². The van der Waals surface area contributed by atoms with Crippen LogP contribution in [0.3, 0.4) is 0 Å². The predicted octanol–water partition coefficient (Wildman–Crippen LogP) is 5.08. The summed E-state index contributed by atoms with van der Waals surface area (Å²) in [5, 5.41) is 11.5. The Morgan fingerprint density at radius 2 is 1.93 bits per heavy atom. The average Bonchev–Trinajstić information content (AvgIpc) is 3.14. The van der Waals surface area contributed by atoms with Crippen molar-refractivity contribution in [3.05, 3.63) is 54.6 Å². The largest absolute Gasteiger partial charge is 0.508 e. The second-order valence-corrected chi connectivity index (χ2v) is 6.64. The van der Waals surface area contributed by atoms with E-state index in [1.54, 1.807) is 19.1 Å². The zero-order chi connectivity index (χ0) is 20.2. The van der Waals surface area contributed by atoms with E-state index in [0.717, 1.165) is 16.4 Å². The topological polar surface area (TPSA) is 81.8 Å². The predicted molar refractivity (Wildman–Crippen MR) is 110 cm³/mol. The van der Waals surface area contributed by atoms with Crippen LogP contribution in [0.2, 0.25) is 0 Å². The fraction of sp³-hybridized carbons (Fsp3) is 0.217. The molecule has 2 aromatic carbocycles. The van der Waals surface area contributed by atoms with Gasteiger partial charge in [0.15, 0.2) is 5.76 Å². The van der Waals surface area contributed by atoms with Gasteiger partial charge < -0.3 is 19.0 Å². The molecule has 4 aromatic rings. The summed E-state index contributed by atoms with van der Waals surface area (Å²) in [7, 11) is 0. The van der Waals surface area contributed by atoms with Crippen molar-refractivity contribution in [1.82, 2.24) is 4.98 Å². The first-order valence-electron chi connectivity index (χ1n) is 9.54. The maximum absolute atomic E-state index is 11.4. The van der Waals surface area contributed by atoms with Gasteiger partial charge in [-0.05, 0) is 55.8 Å². The summed E-state index contributed by atoms with van der Waals surface area (Å²) in [4.78, 5) is 15.9. The fourth-order valence-electron chi connectivity index (χ4n) is 3.12. The van der Waals surface area contributed by atoms with Crippen molar-refractivity contribution < 1.29 is 23.8 Å². The third-order valence-electron chi connectivity index (χ3n) is 4.52. The lowest BCUT2D eigenvalue weighted by Gasteiger charge is -2.05. The molecule has 29 heavy (non-hydrogen) atoms. The zero-order valence-electron chi connectivity index (χ0n) is 16.1. The summed E-state index contributed by atoms with van der Waals surface area (Å²) in [5.41, 5.74) is 2.13. The molecule has 0 saturated heterocycles. The van der Waals surface area contributed by atoms with E-state index in [2.05, 4.69) is 4.98 Å². The number of aromatic hydroxyl groups is 1. The van der Waals surface area contributed by atoms with Crippen LogP contribution >= 0.6 is 0 Å². The Morgan fingerprint density at radius 1 is 1.07 bits per heavy atom. The lowest BCUT2D eigenvalue weighted by atomic mass is 10.1. The van der Waals surface area contributed by atoms with E-state index in [-0.39, 0.29) is 11.7 Å². The van der Waals surface area contributed by atoms with Gasteiger partial charge in [-0.15, -0.1) is 0 Å². The molecule has 0 saturated carbocycles. The van der Waals surface area contributed by atoms with Gasteiger partial charge in [0.05, 0.1) is 18.7 Å². The van der Waals surface area contributed by atoms with Crippen molar-refractivity contribution in [2.75, 3.05) is 13.2 Å². The highest BCUT2D eigenvalue weighted by atomic mass is 16.5. The van der Waals surface area contributed by atoms with Crippen LogP contribution in [0.15, 0.2) is 59.0 Å². The summed E-state index contributed by atoms with van der Waals surface area (Å²) < 4.78 is 16.6. The minimum absolute atomic E-state index is 0.177. The highest BCUT2D eigenvalue weighted by Crippen LogP contribution is 2.31. The quantitative estimate of drug-likeness (QED) is 0.350. The number of rotatable bonds is 7. The highest BCUT2D eigenvalue weighted by molar-refractivity contribution is 5.86. The maximum Gasteiger partial charge on any atom is 0.305 e. The van der Waals surface area contributed by atoms with E-state index in [4.69, 9.17) is 13.9 Å². The molecule has 6 nitrogen and oxygen atoms in total. The number of benzene rings is 2. The molecule has 0 spiro atoms. The molecule has 0 radical (unpaired) electrons. The molecular weight excluding hydrogens is 370 g/mol. The number of aromatic nitrogens is 1. The zero-order valence-corrected chi connectivity index (χ0v) is 16.1. The third kappa shape index (κ3) is 4.32. The van der Waals surface area contributed by atoms with E-state index in [0.29, 0.717) is 48.8 Å². The molecule has 0 unspecified atom stereocenters. The van der Waals surface area contributed by atoms with E-state index >= 15 is 0 Å². The van der Waals surface area contributed by atoms with Crippen LogP contribution < -0.4 is 4.74 Å². The van der Waals surface area contributed by atoms with Crippen molar-refractivity contribution in [3.8, 4) is 23.0 Å². The van der Waals surface area contributed by atoms with Crippen molar-refractivity contribution >= 4 is 27.8 Å². The van der Waals surface area contributed by atoms with Crippen molar-refractivity contribution in [3.63, 3.8) is 0 Å². The fourth-order valence-corrected chi connectivity index (χ4v) is 3.12. The number of phenols is 1. The van der Waals surface area contributed by atoms with Gasteiger partial charge in [-0.1, -0.05) is 6.07 Å². The van der Waals surface area contributed by atoms with Gasteiger partial charge in [0.25, 0.3) is 0 Å². The SMILES string of the molecule is CCOC(=O)CCCOc1ccc2oc(-c3ccc4ccc(O)cc4n3)cc2c1. The minimum atomic E-state index is -0.206. The van der Waals surface area contributed by atoms with E-state index in [1.165, 1.54) is 0 Å². The Hall–Kier alpha value is -3.54. The molecule has 0 aliphatic heterocycles. The molecule has 2 aromatic heterocycles. The standard InChI is InChI=1S/C23H21NO5/c1-2-27-23(26)4-3-11-28-18-8-10-21-16(12-18)13-22(29-21)19-9-6-15-5-7-17(25)14-20(15)24-19/h5-10,12-14,25H,2-4,11H2,1H3. The Kier molecular flexibility index (Phi) is 5.33. The van der Waals surface area contributed by atoms with Crippen molar-refractivity contribution in [1.29, 1.82) is 0 Å². The molecule has 0 atom stereocenters. The molecule has 0 amide bonds. The van der Waals surface area contributed by atoms with Gasteiger partial charge in [0.1, 0.15) is 22.8 Å². The molecule has 0 aliphatic carbocycles. The second-order valence-electron chi connectivity index (χ2n) is 6.64. The van der Waals surface area contributed by atoms with E-state index < -0.39 is 0 Å². The molecule has 6 heteroatoms. The summed E-state index contributed by atoms with van der Waals surface area (Å²) in [5.74, 6) is 1.33. The summed E-state index contributed by atoms with van der Waals surface area (Å²) in [6, 6.07) is 16.4. The average molecular weight is 391 g/mol. The Bertz CT molecular complexity index is 1160. The van der Waals surface area contributed by atoms with E-state index in [1.807, 2.05) is 42.5 Å². The lowest BCUT2D eigenvalue weighted by Crippen LogP contribution is -2.06. The second kappa shape index (κ2) is 8.22. The number of hydrogen-bond acceptors (Lipinski definition) is 6. The molecule has 0 bridgehead atoms. The Labute approximate surface area is 167 Å².